The summed E-state index contributed by atoms with van der Waals surface area (Å²) in [6, 6.07) is 14.8. The standard InChI is InChI=1S/C19H14FN4O/c1-12(25)18-15-7-3-5-9-17(15)24(23-18)19-21-10-13(11-22-19)14-6-2-4-8-16(14)20/h2-4,6-12,25H,1H3. The highest BCUT2D eigenvalue weighted by atomic mass is 19.1. The van der Waals surface area contributed by atoms with E-state index in [1.165, 1.54) is 6.07 Å². The number of hydrogen-bond acceptors (Lipinski definition) is 4. The molecule has 1 N–H and O–H groups in total. The van der Waals surface area contributed by atoms with Crippen LogP contribution in [0.2, 0.25) is 0 Å². The van der Waals surface area contributed by atoms with Crippen LogP contribution in [0.3, 0.4) is 0 Å². The van der Waals surface area contributed by atoms with Gasteiger partial charge in [-0.3, -0.25) is 0 Å². The Morgan fingerprint density at radius 2 is 1.92 bits per heavy atom. The van der Waals surface area contributed by atoms with Crippen molar-refractivity contribution in [2.75, 3.05) is 0 Å². The van der Waals surface area contributed by atoms with Crippen LogP contribution < -0.4 is 0 Å². The van der Waals surface area contributed by atoms with E-state index in [4.69, 9.17) is 0 Å². The smallest absolute Gasteiger partial charge is 0.251 e. The first-order valence-electron chi connectivity index (χ1n) is 7.79. The second-order valence-electron chi connectivity index (χ2n) is 5.67. The quantitative estimate of drug-likeness (QED) is 0.623. The Hall–Kier alpha value is -3.12. The molecule has 1 atom stereocenters. The Morgan fingerprint density at radius 3 is 2.64 bits per heavy atom. The number of hydrogen-bond donors (Lipinski definition) is 1. The first kappa shape index (κ1) is 15.4. The fourth-order valence-corrected chi connectivity index (χ4v) is 2.75. The maximum atomic E-state index is 13.9. The van der Waals surface area contributed by atoms with E-state index in [9.17, 15) is 9.50 Å². The molecule has 0 bridgehead atoms. The largest absolute Gasteiger partial charge is 0.387 e. The van der Waals surface area contributed by atoms with Crippen molar-refractivity contribution in [2.45, 2.75) is 13.0 Å². The number of rotatable bonds is 3. The molecule has 2 aromatic carbocycles. The molecule has 6 heteroatoms. The minimum Gasteiger partial charge on any atom is -0.387 e. The number of halogens is 1. The monoisotopic (exact) mass is 333 g/mol. The van der Waals surface area contributed by atoms with Gasteiger partial charge in [-0.05, 0) is 25.1 Å². The van der Waals surface area contributed by atoms with Crippen molar-refractivity contribution in [3.63, 3.8) is 0 Å². The minimum atomic E-state index is -0.719. The van der Waals surface area contributed by atoms with Gasteiger partial charge in [-0.1, -0.05) is 30.3 Å². The molecule has 25 heavy (non-hydrogen) atoms. The third-order valence-electron chi connectivity index (χ3n) is 3.96. The average Bonchev–Trinajstić information content (AvgIpc) is 3.02. The molecule has 4 rings (SSSR count). The van der Waals surface area contributed by atoms with Gasteiger partial charge in [0.15, 0.2) is 0 Å². The van der Waals surface area contributed by atoms with Gasteiger partial charge < -0.3 is 5.11 Å². The van der Waals surface area contributed by atoms with Crippen molar-refractivity contribution in [3.05, 3.63) is 72.4 Å². The summed E-state index contributed by atoms with van der Waals surface area (Å²) in [5, 5.41) is 15.2. The normalized spacial score (nSPS) is 12.4. The van der Waals surface area contributed by atoms with Gasteiger partial charge in [-0.25, -0.2) is 14.4 Å². The average molecular weight is 333 g/mol. The van der Waals surface area contributed by atoms with Crippen LogP contribution in [0.4, 0.5) is 4.39 Å². The lowest BCUT2D eigenvalue weighted by atomic mass is 10.1. The molecular weight excluding hydrogens is 319 g/mol. The van der Waals surface area contributed by atoms with Gasteiger partial charge in [0.05, 0.1) is 17.3 Å². The van der Waals surface area contributed by atoms with Gasteiger partial charge in [0.1, 0.15) is 5.82 Å². The molecule has 0 aliphatic heterocycles. The molecule has 5 nitrogen and oxygen atoms in total. The fourth-order valence-electron chi connectivity index (χ4n) is 2.75. The van der Waals surface area contributed by atoms with Crippen LogP contribution in [0.1, 0.15) is 18.7 Å². The van der Waals surface area contributed by atoms with E-state index in [2.05, 4.69) is 21.1 Å². The molecule has 0 amide bonds. The van der Waals surface area contributed by atoms with E-state index in [0.29, 0.717) is 22.8 Å². The summed E-state index contributed by atoms with van der Waals surface area (Å²) in [7, 11) is 0. The molecule has 4 aromatic rings. The molecule has 0 saturated carbocycles. The second-order valence-corrected chi connectivity index (χ2v) is 5.67. The zero-order chi connectivity index (χ0) is 17.4. The lowest BCUT2D eigenvalue weighted by molar-refractivity contribution is 0.195. The SMILES string of the molecule is CC(O)c1nn(-c2ncc(-c3ccccc3F)cn2)c2c[c]ccc12. The fraction of sp³-hybridized carbons (Fsp3) is 0.105. The molecule has 2 heterocycles. The van der Waals surface area contributed by atoms with E-state index >= 15 is 0 Å². The topological polar surface area (TPSA) is 63.8 Å². The molecule has 2 aromatic heterocycles. The summed E-state index contributed by atoms with van der Waals surface area (Å²) < 4.78 is 15.4. The van der Waals surface area contributed by atoms with Gasteiger partial charge in [0, 0.05) is 28.9 Å². The third kappa shape index (κ3) is 2.66. The maximum Gasteiger partial charge on any atom is 0.251 e. The van der Waals surface area contributed by atoms with E-state index in [0.717, 1.165) is 10.9 Å². The van der Waals surface area contributed by atoms with Gasteiger partial charge in [0.25, 0.3) is 5.95 Å². The Kier molecular flexibility index (Phi) is 3.74. The lowest BCUT2D eigenvalue weighted by Crippen LogP contribution is -2.04. The molecule has 0 fully saturated rings. The lowest BCUT2D eigenvalue weighted by Gasteiger charge is -2.05. The molecular formula is C19H14FN4O. The van der Waals surface area contributed by atoms with Gasteiger partial charge in [0.2, 0.25) is 0 Å². The zero-order valence-corrected chi connectivity index (χ0v) is 13.4. The van der Waals surface area contributed by atoms with Gasteiger partial charge in [-0.15, -0.1) is 0 Å². The highest BCUT2D eigenvalue weighted by Gasteiger charge is 2.16. The maximum absolute atomic E-state index is 13.9. The molecule has 0 saturated heterocycles. The van der Waals surface area contributed by atoms with Crippen molar-refractivity contribution in [2.24, 2.45) is 0 Å². The first-order valence-corrected chi connectivity index (χ1v) is 7.79. The Labute approximate surface area is 143 Å². The van der Waals surface area contributed by atoms with Crippen molar-refractivity contribution < 1.29 is 9.50 Å². The molecule has 123 valence electrons. The highest BCUT2D eigenvalue weighted by Crippen LogP contribution is 2.26. The zero-order valence-electron chi connectivity index (χ0n) is 13.4. The third-order valence-corrected chi connectivity index (χ3v) is 3.96. The number of nitrogens with zero attached hydrogens (tertiary/aromatic N) is 4. The molecule has 0 aliphatic rings. The van der Waals surface area contributed by atoms with Gasteiger partial charge in [-0.2, -0.15) is 9.78 Å². The number of aromatic nitrogens is 4. The second kappa shape index (κ2) is 6.07. The summed E-state index contributed by atoms with van der Waals surface area (Å²) in [5.41, 5.74) is 2.32. The van der Waals surface area contributed by atoms with Crippen molar-refractivity contribution in [3.8, 4) is 17.1 Å². The van der Waals surface area contributed by atoms with Crippen molar-refractivity contribution in [1.29, 1.82) is 0 Å². The highest BCUT2D eigenvalue weighted by molar-refractivity contribution is 5.83. The van der Waals surface area contributed by atoms with E-state index in [1.807, 2.05) is 6.07 Å². The molecule has 1 radical (unpaired) electrons. The predicted octanol–water partition coefficient (Wildman–Crippen LogP) is 3.48. The summed E-state index contributed by atoms with van der Waals surface area (Å²) in [6.07, 6.45) is 2.40. The predicted molar refractivity (Wildman–Crippen MR) is 91.5 cm³/mol. The van der Waals surface area contributed by atoms with Gasteiger partial charge >= 0.3 is 0 Å². The van der Waals surface area contributed by atoms with Crippen LogP contribution in [0.5, 0.6) is 0 Å². The van der Waals surface area contributed by atoms with E-state index in [1.54, 1.807) is 54.3 Å². The Balaban J connectivity index is 1.81. The number of fused-ring (bicyclic) bond motifs is 1. The van der Waals surface area contributed by atoms with Crippen molar-refractivity contribution in [1.82, 2.24) is 19.7 Å². The Morgan fingerprint density at radius 1 is 1.16 bits per heavy atom. The van der Waals surface area contributed by atoms with Crippen LogP contribution in [0.25, 0.3) is 28.0 Å². The van der Waals surface area contributed by atoms with Crippen LogP contribution in [0.15, 0.2) is 54.9 Å². The van der Waals surface area contributed by atoms with Crippen LogP contribution in [-0.2, 0) is 0 Å². The molecule has 0 aliphatic carbocycles. The number of benzene rings is 2. The summed E-state index contributed by atoms with van der Waals surface area (Å²) in [5.74, 6) is 0.0194. The van der Waals surface area contributed by atoms with E-state index < -0.39 is 6.10 Å². The Bertz CT molecular complexity index is 1040. The summed E-state index contributed by atoms with van der Waals surface area (Å²) in [4.78, 5) is 8.63. The van der Waals surface area contributed by atoms with Crippen LogP contribution in [0, 0.1) is 11.9 Å². The van der Waals surface area contributed by atoms with E-state index in [-0.39, 0.29) is 5.82 Å². The molecule has 1 unspecified atom stereocenters. The molecule has 0 spiro atoms. The van der Waals surface area contributed by atoms with Crippen molar-refractivity contribution >= 4 is 10.9 Å². The summed E-state index contributed by atoms with van der Waals surface area (Å²) in [6.45, 7) is 1.66. The van der Waals surface area contributed by atoms with Crippen LogP contribution >= 0.6 is 0 Å². The summed E-state index contributed by atoms with van der Waals surface area (Å²) >= 11 is 0. The first-order chi connectivity index (χ1) is 12.1. The number of aliphatic hydroxyl groups excluding tert-OH is 1. The minimum absolute atomic E-state index is 0.325. The van der Waals surface area contributed by atoms with Crippen LogP contribution in [-0.4, -0.2) is 24.9 Å². The number of aliphatic hydroxyl groups is 1.